The van der Waals surface area contributed by atoms with Crippen molar-refractivity contribution in [1.82, 2.24) is 24.7 Å². The molecule has 3 heterocycles. The number of benzene rings is 1. The number of esters is 1. The van der Waals surface area contributed by atoms with E-state index in [0.29, 0.717) is 40.0 Å². The van der Waals surface area contributed by atoms with Gasteiger partial charge in [0.1, 0.15) is 0 Å². The molecule has 0 aliphatic carbocycles. The second-order valence-electron chi connectivity index (χ2n) is 7.86. The van der Waals surface area contributed by atoms with Crippen LogP contribution in [0.4, 0.5) is 0 Å². The van der Waals surface area contributed by atoms with Crippen molar-refractivity contribution in [2.45, 2.75) is 37.7 Å². The first-order valence-corrected chi connectivity index (χ1v) is 11.6. The normalized spacial score (nSPS) is 11.9. The molecule has 4 aromatic rings. The Labute approximate surface area is 201 Å². The van der Waals surface area contributed by atoms with E-state index in [1.54, 1.807) is 26.2 Å². The predicted octanol–water partition coefficient (Wildman–Crippen LogP) is 4.48. The van der Waals surface area contributed by atoms with Gasteiger partial charge in [0, 0.05) is 23.7 Å². The summed E-state index contributed by atoms with van der Waals surface area (Å²) < 4.78 is 6.86. The van der Waals surface area contributed by atoms with Gasteiger partial charge in [0.2, 0.25) is 0 Å². The number of ether oxygens (including phenoxy) is 1. The maximum atomic E-state index is 13.3. The second-order valence-corrected chi connectivity index (χ2v) is 9.17. The van der Waals surface area contributed by atoms with Crippen molar-refractivity contribution in [2.75, 3.05) is 7.11 Å². The number of aryl methyl sites for hydroxylation is 1. The number of ketones is 1. The van der Waals surface area contributed by atoms with E-state index in [1.165, 1.54) is 18.9 Å². The van der Waals surface area contributed by atoms with E-state index in [2.05, 4.69) is 20.2 Å². The summed E-state index contributed by atoms with van der Waals surface area (Å²) in [6.07, 6.45) is 3.45. The number of Topliss-reactive ketones (excluding diaryl/α,β-unsaturated/α-hetero) is 1. The highest BCUT2D eigenvalue weighted by atomic mass is 32.2. The Kier molecular flexibility index (Phi) is 6.93. The molecule has 174 valence electrons. The summed E-state index contributed by atoms with van der Waals surface area (Å²) in [6, 6.07) is 13.8. The summed E-state index contributed by atoms with van der Waals surface area (Å²) in [5.74, 6) is 0.0891. The lowest BCUT2D eigenvalue weighted by atomic mass is 10.1. The summed E-state index contributed by atoms with van der Waals surface area (Å²) in [7, 11) is 1.33. The smallest absolute Gasteiger partial charge is 0.339 e. The van der Waals surface area contributed by atoms with Crippen molar-refractivity contribution in [2.24, 2.45) is 0 Å². The predicted molar refractivity (Wildman–Crippen MR) is 130 cm³/mol. The first-order chi connectivity index (χ1) is 16.4. The number of nitrogens with one attached hydrogen (secondary N) is 1. The molecule has 0 aliphatic rings. The van der Waals surface area contributed by atoms with Crippen molar-refractivity contribution in [1.29, 1.82) is 0 Å². The summed E-state index contributed by atoms with van der Waals surface area (Å²) >= 11 is 1.33. The molecule has 1 atom stereocenters. The number of thioether (sulfide) groups is 1. The Bertz CT molecular complexity index is 1320. The van der Waals surface area contributed by atoms with E-state index in [0.717, 1.165) is 11.1 Å². The van der Waals surface area contributed by atoms with Crippen LogP contribution in [0.3, 0.4) is 0 Å². The molecule has 8 nitrogen and oxygen atoms in total. The highest BCUT2D eigenvalue weighted by molar-refractivity contribution is 8.00. The fraction of sp³-hybridized carbons (Fsp3) is 0.240. The molecule has 0 amide bonds. The largest absolute Gasteiger partial charge is 0.465 e. The Morgan fingerprint density at radius 3 is 2.56 bits per heavy atom. The monoisotopic (exact) mass is 475 g/mol. The maximum absolute atomic E-state index is 13.3. The minimum absolute atomic E-state index is 0.127. The molecule has 0 bridgehead atoms. The third-order valence-electron chi connectivity index (χ3n) is 5.54. The number of aromatic amines is 1. The van der Waals surface area contributed by atoms with Gasteiger partial charge in [-0.1, -0.05) is 42.1 Å². The molecule has 0 saturated heterocycles. The SMILES string of the molecule is COC(=O)c1c(C)[nH]c(C(=O)C(C)Sc2nnc(-c3cccnc3)n2Cc2ccccc2)c1C. The molecule has 34 heavy (non-hydrogen) atoms. The molecule has 0 radical (unpaired) electrons. The molecule has 4 rings (SSSR count). The number of aromatic nitrogens is 5. The summed E-state index contributed by atoms with van der Waals surface area (Å²) in [6.45, 7) is 5.88. The number of rotatable bonds is 8. The summed E-state index contributed by atoms with van der Waals surface area (Å²) in [4.78, 5) is 32.7. The Balaban J connectivity index is 1.65. The van der Waals surface area contributed by atoms with Gasteiger partial charge in [-0.15, -0.1) is 10.2 Å². The average molecular weight is 476 g/mol. The number of hydrogen-bond acceptors (Lipinski definition) is 7. The molecule has 1 N–H and O–H groups in total. The fourth-order valence-electron chi connectivity index (χ4n) is 3.81. The Hall–Kier alpha value is -3.72. The molecule has 0 aliphatic heterocycles. The van der Waals surface area contributed by atoms with Gasteiger partial charge in [-0.2, -0.15) is 0 Å². The highest BCUT2D eigenvalue weighted by Crippen LogP contribution is 2.30. The van der Waals surface area contributed by atoms with Gasteiger partial charge >= 0.3 is 5.97 Å². The van der Waals surface area contributed by atoms with Crippen LogP contribution < -0.4 is 0 Å². The van der Waals surface area contributed by atoms with Gasteiger partial charge in [-0.05, 0) is 44.0 Å². The number of nitrogens with zero attached hydrogens (tertiary/aromatic N) is 4. The number of carbonyl (C=O) groups is 2. The molecule has 9 heteroatoms. The van der Waals surface area contributed by atoms with E-state index in [-0.39, 0.29) is 5.78 Å². The van der Waals surface area contributed by atoms with Crippen LogP contribution in [0, 0.1) is 13.8 Å². The molecule has 0 fully saturated rings. The zero-order chi connectivity index (χ0) is 24.2. The van der Waals surface area contributed by atoms with Crippen LogP contribution in [0.5, 0.6) is 0 Å². The zero-order valence-corrected chi connectivity index (χ0v) is 20.2. The van der Waals surface area contributed by atoms with Gasteiger partial charge in [0.25, 0.3) is 0 Å². The highest BCUT2D eigenvalue weighted by Gasteiger charge is 2.27. The first kappa shape index (κ1) is 23.4. The Morgan fingerprint density at radius 1 is 1.12 bits per heavy atom. The summed E-state index contributed by atoms with van der Waals surface area (Å²) in [5.41, 5.74) is 3.93. The first-order valence-electron chi connectivity index (χ1n) is 10.8. The Morgan fingerprint density at radius 2 is 1.88 bits per heavy atom. The molecule has 1 aromatic carbocycles. The number of H-pyrrole nitrogens is 1. The molecule has 0 spiro atoms. The van der Waals surface area contributed by atoms with Crippen LogP contribution in [0.25, 0.3) is 11.4 Å². The fourth-order valence-corrected chi connectivity index (χ4v) is 4.72. The van der Waals surface area contributed by atoms with Crippen molar-refractivity contribution >= 4 is 23.5 Å². The van der Waals surface area contributed by atoms with Crippen molar-refractivity contribution in [3.63, 3.8) is 0 Å². The minimum atomic E-state index is -0.470. The maximum Gasteiger partial charge on any atom is 0.339 e. The molecular formula is C25H25N5O3S. The van der Waals surface area contributed by atoms with Crippen molar-refractivity contribution < 1.29 is 14.3 Å². The van der Waals surface area contributed by atoms with Crippen LogP contribution in [0.1, 0.15) is 44.6 Å². The van der Waals surface area contributed by atoms with Gasteiger partial charge < -0.3 is 9.72 Å². The lowest BCUT2D eigenvalue weighted by Gasteiger charge is -2.13. The number of pyridine rings is 1. The number of methoxy groups -OCH3 is 1. The third-order valence-corrected chi connectivity index (χ3v) is 6.63. The molecule has 3 aromatic heterocycles. The van der Waals surface area contributed by atoms with E-state index in [4.69, 9.17) is 4.74 Å². The zero-order valence-electron chi connectivity index (χ0n) is 19.4. The molecule has 0 saturated carbocycles. The van der Waals surface area contributed by atoms with E-state index >= 15 is 0 Å². The van der Waals surface area contributed by atoms with Crippen LogP contribution in [0.2, 0.25) is 0 Å². The second kappa shape index (κ2) is 10.0. The van der Waals surface area contributed by atoms with Crippen LogP contribution in [0.15, 0.2) is 60.0 Å². The minimum Gasteiger partial charge on any atom is -0.465 e. The van der Waals surface area contributed by atoms with Gasteiger partial charge in [-0.3, -0.25) is 14.3 Å². The van der Waals surface area contributed by atoms with E-state index in [9.17, 15) is 9.59 Å². The molecular weight excluding hydrogens is 450 g/mol. The van der Waals surface area contributed by atoms with Gasteiger partial charge in [-0.25, -0.2) is 4.79 Å². The average Bonchev–Trinajstić information content (AvgIpc) is 3.38. The lowest BCUT2D eigenvalue weighted by molar-refractivity contribution is 0.0599. The topological polar surface area (TPSA) is 103 Å². The number of hydrogen-bond donors (Lipinski definition) is 1. The lowest BCUT2D eigenvalue weighted by Crippen LogP contribution is -2.17. The van der Waals surface area contributed by atoms with Crippen molar-refractivity contribution in [3.05, 3.63) is 82.9 Å². The summed E-state index contributed by atoms with van der Waals surface area (Å²) in [5, 5.41) is 8.97. The van der Waals surface area contributed by atoms with E-state index in [1.807, 2.05) is 54.0 Å². The van der Waals surface area contributed by atoms with Gasteiger partial charge in [0.05, 0.1) is 30.2 Å². The van der Waals surface area contributed by atoms with Crippen LogP contribution >= 0.6 is 11.8 Å². The van der Waals surface area contributed by atoms with E-state index < -0.39 is 11.2 Å². The van der Waals surface area contributed by atoms with Crippen molar-refractivity contribution in [3.8, 4) is 11.4 Å². The van der Waals surface area contributed by atoms with Gasteiger partial charge in [0.15, 0.2) is 16.8 Å². The third kappa shape index (κ3) is 4.65. The quantitative estimate of drug-likeness (QED) is 0.228. The number of carbonyl (C=O) groups excluding carboxylic acids is 2. The van der Waals surface area contributed by atoms with Crippen LogP contribution in [-0.4, -0.2) is 48.8 Å². The standard InChI is InChI=1S/C25H25N5O3S/c1-15-20(24(32)33-4)16(2)27-21(15)22(31)17(3)34-25-29-28-23(19-11-8-12-26-13-19)30(25)14-18-9-6-5-7-10-18/h5-13,17,27H,14H2,1-4H3. The molecule has 1 unspecified atom stereocenters. The van der Waals surface area contributed by atoms with Crippen LogP contribution in [-0.2, 0) is 11.3 Å².